The van der Waals surface area contributed by atoms with E-state index in [2.05, 4.69) is 31.2 Å². The summed E-state index contributed by atoms with van der Waals surface area (Å²) in [6, 6.07) is 10.1. The highest BCUT2D eigenvalue weighted by molar-refractivity contribution is 7.10. The molecule has 1 aromatic carbocycles. The lowest BCUT2D eigenvalue weighted by atomic mass is 9.99. The molecule has 0 unspecified atom stereocenters. The molecule has 1 fully saturated rings. The molecule has 2 aromatic rings. The topological polar surface area (TPSA) is 99.4 Å². The first-order valence-electron chi connectivity index (χ1n) is 8.64. The molecule has 1 aliphatic rings. The maximum Gasteiger partial charge on any atom is 0.229 e. The van der Waals surface area contributed by atoms with E-state index in [-0.39, 0.29) is 0 Å². The molecule has 5 atom stereocenters. The number of aliphatic hydroxyl groups is 4. The van der Waals surface area contributed by atoms with Crippen molar-refractivity contribution in [2.75, 3.05) is 6.61 Å². The number of thiophene rings is 1. The Bertz CT molecular complexity index is 698. The molecule has 26 heavy (non-hydrogen) atoms. The zero-order valence-corrected chi connectivity index (χ0v) is 15.3. The quantitative estimate of drug-likeness (QED) is 0.599. The fourth-order valence-electron chi connectivity index (χ4n) is 2.93. The van der Waals surface area contributed by atoms with Crippen LogP contribution in [0.3, 0.4) is 0 Å². The van der Waals surface area contributed by atoms with Gasteiger partial charge in [0.2, 0.25) is 6.29 Å². The van der Waals surface area contributed by atoms with Crippen LogP contribution >= 0.6 is 11.3 Å². The second-order valence-electron chi connectivity index (χ2n) is 6.37. The Kier molecular flexibility index (Phi) is 6.29. The van der Waals surface area contributed by atoms with Crippen molar-refractivity contribution in [2.45, 2.75) is 50.5 Å². The molecule has 2 heterocycles. The van der Waals surface area contributed by atoms with E-state index in [0.29, 0.717) is 12.2 Å². The SMILES string of the molecule is CCc1ccc(Cc2sccc2O[C@@H]2O[C@H](CO)[C@@H](O)[C@H](O)[C@H]2O)cc1. The van der Waals surface area contributed by atoms with Gasteiger partial charge in [0.25, 0.3) is 0 Å². The maximum absolute atomic E-state index is 10.1. The van der Waals surface area contributed by atoms with Gasteiger partial charge in [-0.25, -0.2) is 0 Å². The van der Waals surface area contributed by atoms with Crippen LogP contribution < -0.4 is 4.74 Å². The lowest BCUT2D eigenvalue weighted by Gasteiger charge is -2.39. The van der Waals surface area contributed by atoms with E-state index in [4.69, 9.17) is 9.47 Å². The molecular weight excluding hydrogens is 356 g/mol. The average Bonchev–Trinajstić information content (AvgIpc) is 3.09. The summed E-state index contributed by atoms with van der Waals surface area (Å²) in [4.78, 5) is 0.964. The number of benzene rings is 1. The van der Waals surface area contributed by atoms with Gasteiger partial charge in [-0.2, -0.15) is 0 Å². The van der Waals surface area contributed by atoms with Crippen LogP contribution in [0.1, 0.15) is 22.9 Å². The predicted molar refractivity (Wildman–Crippen MR) is 97.3 cm³/mol. The molecule has 1 saturated heterocycles. The summed E-state index contributed by atoms with van der Waals surface area (Å²) in [5.41, 5.74) is 2.42. The van der Waals surface area contributed by atoms with E-state index >= 15 is 0 Å². The summed E-state index contributed by atoms with van der Waals surface area (Å²) in [7, 11) is 0. The van der Waals surface area contributed by atoms with E-state index < -0.39 is 37.3 Å². The third-order valence-corrected chi connectivity index (χ3v) is 5.49. The first-order valence-corrected chi connectivity index (χ1v) is 9.52. The molecule has 0 aliphatic carbocycles. The van der Waals surface area contributed by atoms with E-state index in [1.807, 2.05) is 5.38 Å². The number of ether oxygens (including phenoxy) is 2. The number of rotatable bonds is 6. The monoisotopic (exact) mass is 380 g/mol. The lowest BCUT2D eigenvalue weighted by Crippen LogP contribution is -2.60. The van der Waals surface area contributed by atoms with Gasteiger partial charge in [0, 0.05) is 6.42 Å². The second-order valence-corrected chi connectivity index (χ2v) is 7.37. The summed E-state index contributed by atoms with van der Waals surface area (Å²) in [5, 5.41) is 41.0. The van der Waals surface area contributed by atoms with Crippen molar-refractivity contribution < 1.29 is 29.9 Å². The molecule has 0 spiro atoms. The zero-order valence-electron chi connectivity index (χ0n) is 14.5. The Balaban J connectivity index is 1.71. The van der Waals surface area contributed by atoms with Crippen molar-refractivity contribution in [3.8, 4) is 5.75 Å². The van der Waals surface area contributed by atoms with Crippen molar-refractivity contribution in [3.05, 3.63) is 51.7 Å². The highest BCUT2D eigenvalue weighted by atomic mass is 32.1. The van der Waals surface area contributed by atoms with E-state index in [0.717, 1.165) is 16.9 Å². The number of hydrogen-bond donors (Lipinski definition) is 4. The molecule has 0 amide bonds. The van der Waals surface area contributed by atoms with Crippen LogP contribution in [0.5, 0.6) is 5.75 Å². The molecule has 7 heteroatoms. The van der Waals surface area contributed by atoms with Gasteiger partial charge in [-0.15, -0.1) is 11.3 Å². The molecule has 4 N–H and O–H groups in total. The first kappa shape index (κ1) is 19.3. The van der Waals surface area contributed by atoms with Crippen LogP contribution in [0.2, 0.25) is 0 Å². The molecule has 142 valence electrons. The van der Waals surface area contributed by atoms with Gasteiger partial charge in [-0.1, -0.05) is 31.2 Å². The number of aryl methyl sites for hydroxylation is 1. The minimum Gasteiger partial charge on any atom is -0.461 e. The lowest BCUT2D eigenvalue weighted by molar-refractivity contribution is -0.277. The van der Waals surface area contributed by atoms with Crippen LogP contribution in [0.4, 0.5) is 0 Å². The molecule has 0 radical (unpaired) electrons. The summed E-state index contributed by atoms with van der Waals surface area (Å²) in [6.45, 7) is 1.63. The van der Waals surface area contributed by atoms with E-state index in [1.165, 1.54) is 16.9 Å². The van der Waals surface area contributed by atoms with Crippen LogP contribution in [-0.2, 0) is 17.6 Å². The van der Waals surface area contributed by atoms with Crippen LogP contribution in [0, 0.1) is 0 Å². The summed E-state index contributed by atoms with van der Waals surface area (Å²) in [6.07, 6.45) is -4.74. The van der Waals surface area contributed by atoms with Crippen LogP contribution in [0.15, 0.2) is 35.7 Å². The Morgan fingerprint density at radius 2 is 1.69 bits per heavy atom. The van der Waals surface area contributed by atoms with Gasteiger partial charge < -0.3 is 29.9 Å². The molecule has 3 rings (SSSR count). The zero-order chi connectivity index (χ0) is 18.7. The molecule has 0 bridgehead atoms. The van der Waals surface area contributed by atoms with Crippen LogP contribution in [0.25, 0.3) is 0 Å². The van der Waals surface area contributed by atoms with Gasteiger partial charge in [0.05, 0.1) is 11.5 Å². The van der Waals surface area contributed by atoms with Gasteiger partial charge in [-0.05, 0) is 29.0 Å². The van der Waals surface area contributed by atoms with Crippen molar-refractivity contribution in [1.82, 2.24) is 0 Å². The first-order chi connectivity index (χ1) is 12.5. The summed E-state index contributed by atoms with van der Waals surface area (Å²) >= 11 is 1.53. The largest absolute Gasteiger partial charge is 0.461 e. The Morgan fingerprint density at radius 3 is 2.35 bits per heavy atom. The number of aliphatic hydroxyl groups excluding tert-OH is 4. The van der Waals surface area contributed by atoms with E-state index in [9.17, 15) is 20.4 Å². The highest BCUT2D eigenvalue weighted by Gasteiger charge is 2.44. The van der Waals surface area contributed by atoms with Crippen molar-refractivity contribution in [1.29, 1.82) is 0 Å². The standard InChI is InChI=1S/C19H24O6S/c1-2-11-3-5-12(6-4-11)9-15-13(7-8-26-15)24-19-18(23)17(22)16(21)14(10-20)25-19/h3-8,14,16-23H,2,9-10H2,1H3/t14-,16-,17+,18-,19-/m1/s1. The second kappa shape index (κ2) is 8.47. The highest BCUT2D eigenvalue weighted by Crippen LogP contribution is 2.31. The normalized spacial score (nSPS) is 28.9. The van der Waals surface area contributed by atoms with Crippen LogP contribution in [-0.4, -0.2) is 57.7 Å². The molecule has 0 saturated carbocycles. The van der Waals surface area contributed by atoms with Crippen molar-refractivity contribution in [3.63, 3.8) is 0 Å². The Hall–Kier alpha value is -1.48. The fraction of sp³-hybridized carbons (Fsp3) is 0.474. The van der Waals surface area contributed by atoms with Crippen molar-refractivity contribution >= 4 is 11.3 Å². The maximum atomic E-state index is 10.1. The van der Waals surface area contributed by atoms with Gasteiger partial charge in [0.15, 0.2) is 0 Å². The summed E-state index contributed by atoms with van der Waals surface area (Å²) in [5.74, 6) is 0.555. The minimum atomic E-state index is -1.45. The fourth-order valence-corrected chi connectivity index (χ4v) is 3.77. The molecule has 1 aromatic heterocycles. The van der Waals surface area contributed by atoms with Crippen molar-refractivity contribution in [2.24, 2.45) is 0 Å². The molecular formula is C19H24O6S. The van der Waals surface area contributed by atoms with E-state index in [1.54, 1.807) is 6.07 Å². The molecule has 1 aliphatic heterocycles. The third kappa shape index (κ3) is 4.09. The Labute approximate surface area is 156 Å². The Morgan fingerprint density at radius 1 is 1.00 bits per heavy atom. The number of hydrogen-bond acceptors (Lipinski definition) is 7. The van der Waals surface area contributed by atoms with Gasteiger partial charge in [0.1, 0.15) is 30.2 Å². The van der Waals surface area contributed by atoms with Gasteiger partial charge >= 0.3 is 0 Å². The molecule has 6 nitrogen and oxygen atoms in total. The average molecular weight is 380 g/mol. The third-order valence-electron chi connectivity index (χ3n) is 4.59. The summed E-state index contributed by atoms with van der Waals surface area (Å²) < 4.78 is 11.2. The smallest absolute Gasteiger partial charge is 0.229 e. The van der Waals surface area contributed by atoms with Gasteiger partial charge in [-0.3, -0.25) is 0 Å². The minimum absolute atomic E-state index is 0.481. The predicted octanol–water partition coefficient (Wildman–Crippen LogP) is 1.08.